The third-order valence-corrected chi connectivity index (χ3v) is 3.32. The van der Waals surface area contributed by atoms with Gasteiger partial charge in [0.15, 0.2) is 0 Å². The Hall–Kier alpha value is -1.45. The number of halogens is 1. The van der Waals surface area contributed by atoms with Gasteiger partial charge in [0.1, 0.15) is 18.1 Å². The highest BCUT2D eigenvalue weighted by Gasteiger charge is 2.08. The molecule has 1 N–H and O–H groups in total. The predicted octanol–water partition coefficient (Wildman–Crippen LogP) is 4.32. The lowest BCUT2D eigenvalue weighted by Crippen LogP contribution is -2.14. The van der Waals surface area contributed by atoms with Crippen molar-refractivity contribution in [1.82, 2.24) is 5.32 Å². The van der Waals surface area contributed by atoms with Crippen molar-refractivity contribution < 1.29 is 9.15 Å². The van der Waals surface area contributed by atoms with E-state index in [-0.39, 0.29) is 0 Å². The van der Waals surface area contributed by atoms with Crippen LogP contribution in [-0.2, 0) is 13.2 Å². The lowest BCUT2D eigenvalue weighted by Gasteiger charge is -2.09. The first-order valence-corrected chi connectivity index (χ1v) is 7.23. The Balaban J connectivity index is 1.95. The molecule has 2 rings (SSSR count). The molecule has 3 nitrogen and oxygen atoms in total. The first kappa shape index (κ1) is 14.9. The predicted molar refractivity (Wildman–Crippen MR) is 81.2 cm³/mol. The van der Waals surface area contributed by atoms with E-state index in [0.717, 1.165) is 36.4 Å². The summed E-state index contributed by atoms with van der Waals surface area (Å²) in [6, 6.07) is 7.72. The molecule has 0 fully saturated rings. The molecular formula is C16H20ClNO2. The van der Waals surface area contributed by atoms with Crippen LogP contribution in [0.1, 0.15) is 30.2 Å². The Kier molecular flexibility index (Phi) is 5.50. The van der Waals surface area contributed by atoms with Crippen molar-refractivity contribution in [3.05, 3.63) is 52.4 Å². The lowest BCUT2D eigenvalue weighted by atomic mass is 10.2. The van der Waals surface area contributed by atoms with Gasteiger partial charge in [0.05, 0.1) is 17.8 Å². The SMILES string of the molecule is CCCNCc1occc1COc1ccc(C)cc1Cl. The summed E-state index contributed by atoms with van der Waals surface area (Å²) in [6.07, 6.45) is 2.80. The van der Waals surface area contributed by atoms with Crippen LogP contribution in [0.4, 0.5) is 0 Å². The number of hydrogen-bond donors (Lipinski definition) is 1. The van der Waals surface area contributed by atoms with E-state index in [2.05, 4.69) is 12.2 Å². The average Bonchev–Trinajstić information content (AvgIpc) is 2.86. The smallest absolute Gasteiger partial charge is 0.138 e. The van der Waals surface area contributed by atoms with Crippen LogP contribution in [0.25, 0.3) is 0 Å². The fraction of sp³-hybridized carbons (Fsp3) is 0.375. The maximum atomic E-state index is 6.15. The van der Waals surface area contributed by atoms with Crippen molar-refractivity contribution in [2.75, 3.05) is 6.54 Å². The van der Waals surface area contributed by atoms with Crippen molar-refractivity contribution >= 4 is 11.6 Å². The molecule has 0 radical (unpaired) electrons. The van der Waals surface area contributed by atoms with Crippen LogP contribution < -0.4 is 10.1 Å². The molecule has 20 heavy (non-hydrogen) atoms. The van der Waals surface area contributed by atoms with Crippen molar-refractivity contribution in [1.29, 1.82) is 0 Å². The number of furan rings is 1. The Morgan fingerprint density at radius 1 is 1.30 bits per heavy atom. The van der Waals surface area contributed by atoms with Crippen LogP contribution in [0.5, 0.6) is 5.75 Å². The van der Waals surface area contributed by atoms with E-state index >= 15 is 0 Å². The Labute approximate surface area is 124 Å². The number of ether oxygens (including phenoxy) is 1. The minimum atomic E-state index is 0.461. The van der Waals surface area contributed by atoms with Crippen LogP contribution in [0.15, 0.2) is 34.9 Å². The zero-order valence-electron chi connectivity index (χ0n) is 11.9. The highest BCUT2D eigenvalue weighted by molar-refractivity contribution is 6.32. The zero-order valence-corrected chi connectivity index (χ0v) is 12.7. The summed E-state index contributed by atoms with van der Waals surface area (Å²) in [6.45, 7) is 6.30. The van der Waals surface area contributed by atoms with E-state index in [1.165, 1.54) is 0 Å². The zero-order chi connectivity index (χ0) is 14.4. The minimum Gasteiger partial charge on any atom is -0.487 e. The monoisotopic (exact) mass is 293 g/mol. The molecule has 0 saturated heterocycles. The highest BCUT2D eigenvalue weighted by atomic mass is 35.5. The fourth-order valence-electron chi connectivity index (χ4n) is 1.91. The molecule has 0 saturated carbocycles. The van der Waals surface area contributed by atoms with E-state index in [0.29, 0.717) is 17.4 Å². The largest absolute Gasteiger partial charge is 0.487 e. The highest BCUT2D eigenvalue weighted by Crippen LogP contribution is 2.26. The van der Waals surface area contributed by atoms with Crippen molar-refractivity contribution in [2.24, 2.45) is 0 Å². The van der Waals surface area contributed by atoms with Crippen molar-refractivity contribution in [3.63, 3.8) is 0 Å². The summed E-state index contributed by atoms with van der Waals surface area (Å²) < 4.78 is 11.2. The molecule has 0 aliphatic carbocycles. The van der Waals surface area contributed by atoms with Crippen LogP contribution in [-0.4, -0.2) is 6.54 Å². The summed E-state index contributed by atoms with van der Waals surface area (Å²) in [4.78, 5) is 0. The fourth-order valence-corrected chi connectivity index (χ4v) is 2.20. The van der Waals surface area contributed by atoms with Crippen molar-refractivity contribution in [3.8, 4) is 5.75 Å². The molecule has 1 aromatic heterocycles. The van der Waals surface area contributed by atoms with Gasteiger partial charge in [0.25, 0.3) is 0 Å². The molecule has 0 aliphatic heterocycles. The van der Waals surface area contributed by atoms with Crippen LogP contribution >= 0.6 is 11.6 Å². The van der Waals surface area contributed by atoms with E-state index < -0.39 is 0 Å². The molecule has 0 bridgehead atoms. The van der Waals surface area contributed by atoms with Crippen LogP contribution in [0.3, 0.4) is 0 Å². The molecule has 108 valence electrons. The molecule has 0 aliphatic rings. The van der Waals surface area contributed by atoms with Gasteiger partial charge in [0.2, 0.25) is 0 Å². The first-order valence-electron chi connectivity index (χ1n) is 6.85. The molecule has 4 heteroatoms. The van der Waals surface area contributed by atoms with Gasteiger partial charge in [-0.05, 0) is 43.7 Å². The summed E-state index contributed by atoms with van der Waals surface area (Å²) in [5.74, 6) is 1.62. The second-order valence-electron chi connectivity index (χ2n) is 4.77. The maximum Gasteiger partial charge on any atom is 0.138 e. The van der Waals surface area contributed by atoms with Gasteiger partial charge >= 0.3 is 0 Å². The van der Waals surface area contributed by atoms with Crippen LogP contribution in [0, 0.1) is 6.92 Å². The summed E-state index contributed by atoms with van der Waals surface area (Å²) >= 11 is 6.15. The number of aryl methyl sites for hydroxylation is 1. The molecular weight excluding hydrogens is 274 g/mol. The van der Waals surface area contributed by atoms with Gasteiger partial charge < -0.3 is 14.5 Å². The van der Waals surface area contributed by atoms with Gasteiger partial charge in [-0.3, -0.25) is 0 Å². The second kappa shape index (κ2) is 7.36. The third-order valence-electron chi connectivity index (χ3n) is 3.02. The molecule has 1 heterocycles. The number of rotatable bonds is 7. The van der Waals surface area contributed by atoms with Gasteiger partial charge in [-0.2, -0.15) is 0 Å². The number of benzene rings is 1. The van der Waals surface area contributed by atoms with Gasteiger partial charge in [-0.1, -0.05) is 24.6 Å². The number of hydrogen-bond acceptors (Lipinski definition) is 3. The van der Waals surface area contributed by atoms with Gasteiger partial charge in [-0.15, -0.1) is 0 Å². The molecule has 0 amide bonds. The van der Waals surface area contributed by atoms with Gasteiger partial charge in [0, 0.05) is 5.56 Å². The summed E-state index contributed by atoms with van der Waals surface area (Å²) in [5.41, 5.74) is 2.17. The average molecular weight is 294 g/mol. The van der Waals surface area contributed by atoms with E-state index in [1.54, 1.807) is 6.26 Å². The molecule has 0 spiro atoms. The van der Waals surface area contributed by atoms with Crippen molar-refractivity contribution in [2.45, 2.75) is 33.4 Å². The minimum absolute atomic E-state index is 0.461. The summed E-state index contributed by atoms with van der Waals surface area (Å²) in [5, 5.41) is 3.96. The number of nitrogens with one attached hydrogen (secondary N) is 1. The second-order valence-corrected chi connectivity index (χ2v) is 5.18. The normalized spacial score (nSPS) is 10.8. The molecule has 0 atom stereocenters. The first-order chi connectivity index (χ1) is 9.70. The molecule has 0 unspecified atom stereocenters. The summed E-state index contributed by atoms with van der Waals surface area (Å²) in [7, 11) is 0. The van der Waals surface area contributed by atoms with E-state index in [4.69, 9.17) is 20.8 Å². The Morgan fingerprint density at radius 2 is 2.15 bits per heavy atom. The van der Waals surface area contributed by atoms with Gasteiger partial charge in [-0.25, -0.2) is 0 Å². The standard InChI is InChI=1S/C16H20ClNO2/c1-3-7-18-10-16-13(6-8-19-16)11-20-15-5-4-12(2)9-14(15)17/h4-6,8-9,18H,3,7,10-11H2,1-2H3. The topological polar surface area (TPSA) is 34.4 Å². The Morgan fingerprint density at radius 3 is 2.90 bits per heavy atom. The Bertz CT molecular complexity index is 551. The molecule has 2 aromatic rings. The molecule has 1 aromatic carbocycles. The van der Waals surface area contributed by atoms with Crippen LogP contribution in [0.2, 0.25) is 5.02 Å². The lowest BCUT2D eigenvalue weighted by molar-refractivity contribution is 0.301. The van der Waals surface area contributed by atoms with E-state index in [9.17, 15) is 0 Å². The quantitative estimate of drug-likeness (QED) is 0.772. The maximum absolute atomic E-state index is 6.15. The third kappa shape index (κ3) is 4.02. The van der Waals surface area contributed by atoms with E-state index in [1.807, 2.05) is 31.2 Å².